The topological polar surface area (TPSA) is 87.2 Å². The molecule has 0 radical (unpaired) electrons. The van der Waals surface area contributed by atoms with Gasteiger partial charge in [0.1, 0.15) is 6.54 Å². The number of benzene rings is 1. The molecule has 2 heterocycles. The van der Waals surface area contributed by atoms with Crippen molar-refractivity contribution in [3.63, 3.8) is 0 Å². The molecule has 7 nitrogen and oxygen atoms in total. The van der Waals surface area contributed by atoms with E-state index in [9.17, 15) is 9.59 Å². The molecule has 0 N–H and O–H groups in total. The Morgan fingerprint density at radius 2 is 1.96 bits per heavy atom. The second kappa shape index (κ2) is 7.12. The van der Waals surface area contributed by atoms with Gasteiger partial charge in [0.05, 0.1) is 11.7 Å². The highest BCUT2D eigenvalue weighted by Crippen LogP contribution is 2.17. The zero-order valence-corrected chi connectivity index (χ0v) is 13.9. The van der Waals surface area contributed by atoms with E-state index in [1.807, 2.05) is 30.3 Å². The summed E-state index contributed by atoms with van der Waals surface area (Å²) in [4.78, 5) is 24.0. The monoisotopic (exact) mass is 339 g/mol. The second-order valence-corrected chi connectivity index (χ2v) is 5.70. The van der Waals surface area contributed by atoms with E-state index < -0.39 is 5.97 Å². The average Bonchev–Trinajstić information content (AvgIpc) is 3.05. The molecule has 0 bridgehead atoms. The van der Waals surface area contributed by atoms with E-state index in [2.05, 4.69) is 10.2 Å². The number of carbonyl (C=O) groups is 1. The summed E-state index contributed by atoms with van der Waals surface area (Å²) in [6.45, 7) is 3.62. The lowest BCUT2D eigenvalue weighted by Crippen LogP contribution is -2.22. The number of hydrogen-bond donors (Lipinski definition) is 0. The van der Waals surface area contributed by atoms with Crippen molar-refractivity contribution in [2.24, 2.45) is 0 Å². The fraction of sp³-hybridized carbons (Fsp3) is 0.222. The number of pyridine rings is 1. The van der Waals surface area contributed by atoms with Crippen LogP contribution >= 0.6 is 0 Å². The first-order chi connectivity index (χ1) is 12.0. The van der Waals surface area contributed by atoms with Crippen molar-refractivity contribution in [2.45, 2.75) is 26.5 Å². The highest BCUT2D eigenvalue weighted by Gasteiger charge is 2.13. The third-order valence-corrected chi connectivity index (χ3v) is 3.37. The Bertz CT molecular complexity index is 929. The molecule has 0 aliphatic heterocycles. The summed E-state index contributed by atoms with van der Waals surface area (Å²) in [5.74, 6) is 0.169. The normalized spacial score (nSPS) is 10.8. The maximum absolute atomic E-state index is 12.2. The first-order valence-corrected chi connectivity index (χ1v) is 7.82. The first kappa shape index (κ1) is 16.6. The van der Waals surface area contributed by atoms with Crippen LogP contribution in [0.4, 0.5) is 0 Å². The molecule has 0 aliphatic carbocycles. The van der Waals surface area contributed by atoms with Gasteiger partial charge in [0.15, 0.2) is 0 Å². The van der Waals surface area contributed by atoms with Crippen molar-refractivity contribution in [1.82, 2.24) is 14.8 Å². The number of rotatable bonds is 5. The molecular formula is C18H17N3O4. The van der Waals surface area contributed by atoms with E-state index in [-0.39, 0.29) is 23.8 Å². The summed E-state index contributed by atoms with van der Waals surface area (Å²) >= 11 is 0. The lowest BCUT2D eigenvalue weighted by molar-refractivity contribution is 0.0377. The highest BCUT2D eigenvalue weighted by molar-refractivity contribution is 5.89. The Hall–Kier alpha value is -3.22. The zero-order valence-electron chi connectivity index (χ0n) is 13.9. The summed E-state index contributed by atoms with van der Waals surface area (Å²) in [6.07, 6.45) is 1.26. The van der Waals surface area contributed by atoms with Crippen LogP contribution in [0.2, 0.25) is 0 Å². The van der Waals surface area contributed by atoms with Gasteiger partial charge in [0.2, 0.25) is 11.8 Å². The fourth-order valence-corrected chi connectivity index (χ4v) is 2.21. The minimum atomic E-state index is -0.525. The molecule has 3 rings (SSSR count). The molecule has 0 saturated carbocycles. The average molecular weight is 339 g/mol. The van der Waals surface area contributed by atoms with Gasteiger partial charge in [-0.05, 0) is 32.0 Å². The van der Waals surface area contributed by atoms with Gasteiger partial charge in [0.25, 0.3) is 5.56 Å². The van der Waals surface area contributed by atoms with E-state index in [1.165, 1.54) is 22.9 Å². The largest absolute Gasteiger partial charge is 0.459 e. The Morgan fingerprint density at radius 1 is 1.20 bits per heavy atom. The molecule has 0 amide bonds. The number of aromatic nitrogens is 3. The second-order valence-electron chi connectivity index (χ2n) is 5.70. The lowest BCUT2D eigenvalue weighted by atomic mass is 10.2. The zero-order chi connectivity index (χ0) is 17.8. The predicted octanol–water partition coefficient (Wildman–Crippen LogP) is 2.51. The van der Waals surface area contributed by atoms with E-state index in [0.29, 0.717) is 11.8 Å². The van der Waals surface area contributed by atoms with Crippen LogP contribution in [0.3, 0.4) is 0 Å². The van der Waals surface area contributed by atoms with Crippen LogP contribution in [0.25, 0.3) is 11.5 Å². The minimum Gasteiger partial charge on any atom is -0.459 e. The molecule has 0 aliphatic rings. The van der Waals surface area contributed by atoms with Gasteiger partial charge in [-0.2, -0.15) is 0 Å². The van der Waals surface area contributed by atoms with Crippen LogP contribution in [-0.2, 0) is 11.3 Å². The Labute approximate surface area is 143 Å². The van der Waals surface area contributed by atoms with Crippen LogP contribution in [-0.4, -0.2) is 26.8 Å². The van der Waals surface area contributed by atoms with Crippen molar-refractivity contribution in [2.75, 3.05) is 0 Å². The third kappa shape index (κ3) is 4.00. The number of hydrogen-bond acceptors (Lipinski definition) is 6. The van der Waals surface area contributed by atoms with E-state index in [0.717, 1.165) is 5.56 Å². The standard InChI is InChI=1S/C18H17N3O4/c1-12(2)24-18(23)14-8-9-21(16(22)10-14)11-15-19-20-17(25-15)13-6-4-3-5-7-13/h3-10,12H,11H2,1-2H3. The quantitative estimate of drug-likeness (QED) is 0.664. The van der Waals surface area contributed by atoms with Crippen molar-refractivity contribution in [3.05, 3.63) is 70.5 Å². The molecule has 0 fully saturated rings. The van der Waals surface area contributed by atoms with E-state index in [4.69, 9.17) is 9.15 Å². The van der Waals surface area contributed by atoms with Crippen LogP contribution in [0.15, 0.2) is 57.9 Å². The van der Waals surface area contributed by atoms with Gasteiger partial charge in [-0.3, -0.25) is 4.79 Å². The van der Waals surface area contributed by atoms with Gasteiger partial charge in [0, 0.05) is 17.8 Å². The van der Waals surface area contributed by atoms with Crippen LogP contribution in [0, 0.1) is 0 Å². The van der Waals surface area contributed by atoms with Crippen molar-refractivity contribution >= 4 is 5.97 Å². The van der Waals surface area contributed by atoms with Crippen LogP contribution in [0.1, 0.15) is 30.1 Å². The fourth-order valence-electron chi connectivity index (χ4n) is 2.21. The van der Waals surface area contributed by atoms with Gasteiger partial charge >= 0.3 is 5.97 Å². The molecule has 2 aromatic heterocycles. The van der Waals surface area contributed by atoms with Crippen LogP contribution < -0.4 is 5.56 Å². The summed E-state index contributed by atoms with van der Waals surface area (Å²) < 4.78 is 12.0. The van der Waals surface area contributed by atoms with E-state index >= 15 is 0 Å². The molecule has 25 heavy (non-hydrogen) atoms. The molecule has 3 aromatic rings. The van der Waals surface area contributed by atoms with Gasteiger partial charge in [-0.15, -0.1) is 10.2 Å². The number of ether oxygens (including phenoxy) is 1. The Kier molecular flexibility index (Phi) is 4.74. The minimum absolute atomic E-state index is 0.123. The summed E-state index contributed by atoms with van der Waals surface area (Å²) in [7, 11) is 0. The molecular weight excluding hydrogens is 322 g/mol. The van der Waals surface area contributed by atoms with E-state index in [1.54, 1.807) is 13.8 Å². The number of esters is 1. The molecule has 128 valence electrons. The van der Waals surface area contributed by atoms with Crippen LogP contribution in [0.5, 0.6) is 0 Å². The summed E-state index contributed by atoms with van der Waals surface area (Å²) in [5, 5.41) is 7.94. The third-order valence-electron chi connectivity index (χ3n) is 3.37. The SMILES string of the molecule is CC(C)OC(=O)c1ccn(Cc2nnc(-c3ccccc3)o2)c(=O)c1. The van der Waals surface area contributed by atoms with Crippen molar-refractivity contribution in [1.29, 1.82) is 0 Å². The van der Waals surface area contributed by atoms with Gasteiger partial charge in [-0.1, -0.05) is 18.2 Å². The van der Waals surface area contributed by atoms with Gasteiger partial charge in [-0.25, -0.2) is 4.79 Å². The van der Waals surface area contributed by atoms with Crippen molar-refractivity contribution < 1.29 is 13.9 Å². The number of carbonyl (C=O) groups excluding carboxylic acids is 1. The smallest absolute Gasteiger partial charge is 0.338 e. The summed E-state index contributed by atoms with van der Waals surface area (Å²) in [5.41, 5.74) is 0.670. The molecule has 0 saturated heterocycles. The Morgan fingerprint density at radius 3 is 2.64 bits per heavy atom. The van der Waals surface area contributed by atoms with Gasteiger partial charge < -0.3 is 13.7 Å². The lowest BCUT2D eigenvalue weighted by Gasteiger charge is -2.08. The summed E-state index contributed by atoms with van der Waals surface area (Å²) in [6, 6.07) is 12.1. The molecule has 0 atom stereocenters. The maximum Gasteiger partial charge on any atom is 0.338 e. The molecule has 0 unspecified atom stereocenters. The predicted molar refractivity (Wildman–Crippen MR) is 90.1 cm³/mol. The van der Waals surface area contributed by atoms with Crippen molar-refractivity contribution in [3.8, 4) is 11.5 Å². The highest BCUT2D eigenvalue weighted by atomic mass is 16.5. The maximum atomic E-state index is 12.2. The molecule has 7 heteroatoms. The molecule has 1 aromatic carbocycles. The first-order valence-electron chi connectivity index (χ1n) is 7.82. The molecule has 0 spiro atoms. The Balaban J connectivity index is 1.77. The number of nitrogens with zero attached hydrogens (tertiary/aromatic N) is 3.